The number of amides is 2. The Kier molecular flexibility index (Phi) is 6.55. The van der Waals surface area contributed by atoms with Gasteiger partial charge < -0.3 is 10.4 Å². The highest BCUT2D eigenvalue weighted by atomic mass is 32.2. The highest BCUT2D eigenvalue weighted by Crippen LogP contribution is 2.31. The van der Waals surface area contributed by atoms with Gasteiger partial charge in [0.15, 0.2) is 0 Å². The van der Waals surface area contributed by atoms with Crippen molar-refractivity contribution in [2.45, 2.75) is 26.3 Å². The van der Waals surface area contributed by atoms with Crippen molar-refractivity contribution in [2.75, 3.05) is 7.05 Å². The van der Waals surface area contributed by atoms with Gasteiger partial charge in [-0.15, -0.1) is 0 Å². The van der Waals surface area contributed by atoms with E-state index in [0.717, 1.165) is 5.56 Å². The fourth-order valence-corrected chi connectivity index (χ4v) is 3.51. The molecule has 1 fully saturated rings. The van der Waals surface area contributed by atoms with Crippen LogP contribution in [0.2, 0.25) is 0 Å². The Morgan fingerprint density at radius 2 is 1.96 bits per heavy atom. The number of rotatable bonds is 6. The van der Waals surface area contributed by atoms with Crippen molar-refractivity contribution in [3.63, 3.8) is 0 Å². The van der Waals surface area contributed by atoms with Crippen LogP contribution in [-0.2, 0) is 9.59 Å². The van der Waals surface area contributed by atoms with Crippen LogP contribution in [0.1, 0.15) is 36.2 Å². The lowest BCUT2D eigenvalue weighted by Crippen LogP contribution is -2.45. The maximum Gasteiger partial charge on any atom is 0.326 e. The molecular formula is C18H20N2O4S2. The molecular weight excluding hydrogens is 372 g/mol. The maximum atomic E-state index is 12.3. The second-order valence-electron chi connectivity index (χ2n) is 6.04. The van der Waals surface area contributed by atoms with Crippen LogP contribution in [0.3, 0.4) is 0 Å². The highest BCUT2D eigenvalue weighted by molar-refractivity contribution is 8.26. The predicted molar refractivity (Wildman–Crippen MR) is 106 cm³/mol. The molecule has 1 aromatic carbocycles. The summed E-state index contributed by atoms with van der Waals surface area (Å²) < 4.78 is 0.502. The quantitative estimate of drug-likeness (QED) is 0.572. The van der Waals surface area contributed by atoms with Crippen molar-refractivity contribution < 1.29 is 19.5 Å². The Bertz CT molecular complexity index is 774. The van der Waals surface area contributed by atoms with Gasteiger partial charge in [-0.3, -0.25) is 14.5 Å². The van der Waals surface area contributed by atoms with Crippen LogP contribution in [-0.4, -0.2) is 45.2 Å². The zero-order chi connectivity index (χ0) is 19.4. The molecule has 0 unspecified atom stereocenters. The van der Waals surface area contributed by atoms with Gasteiger partial charge >= 0.3 is 5.97 Å². The molecule has 0 aromatic heterocycles. The second kappa shape index (κ2) is 8.46. The molecule has 1 saturated heterocycles. The molecule has 2 amide bonds. The van der Waals surface area contributed by atoms with E-state index in [0.29, 0.717) is 21.2 Å². The number of thioether (sulfide) groups is 1. The van der Waals surface area contributed by atoms with Crippen LogP contribution in [0.4, 0.5) is 0 Å². The number of nitrogens with zero attached hydrogens (tertiary/aromatic N) is 1. The molecule has 2 atom stereocenters. The van der Waals surface area contributed by atoms with Crippen molar-refractivity contribution in [2.24, 2.45) is 5.92 Å². The van der Waals surface area contributed by atoms with Crippen LogP contribution < -0.4 is 5.32 Å². The SMILES string of the molecule is CC[C@@H](C)[C@@H](NC(=O)c1ccc(/C=C2/SC(=S)N(C)C2=O)cc1)C(=O)O. The van der Waals surface area contributed by atoms with Crippen molar-refractivity contribution >= 4 is 52.2 Å². The molecule has 0 saturated carbocycles. The fraction of sp³-hybridized carbons (Fsp3) is 0.333. The summed E-state index contributed by atoms with van der Waals surface area (Å²) in [5.41, 5.74) is 1.12. The number of hydrogen-bond donors (Lipinski definition) is 2. The topological polar surface area (TPSA) is 86.7 Å². The number of thiocarbonyl (C=S) groups is 1. The first-order valence-corrected chi connectivity index (χ1v) is 9.32. The molecule has 0 radical (unpaired) electrons. The van der Waals surface area contributed by atoms with Crippen LogP contribution in [0.15, 0.2) is 29.2 Å². The molecule has 6 nitrogen and oxygen atoms in total. The Balaban J connectivity index is 2.12. The van der Waals surface area contributed by atoms with Gasteiger partial charge in [0.25, 0.3) is 11.8 Å². The summed E-state index contributed by atoms with van der Waals surface area (Å²) in [6, 6.07) is 5.68. The third-order valence-electron chi connectivity index (χ3n) is 4.22. The van der Waals surface area contributed by atoms with Gasteiger partial charge in [-0.1, -0.05) is 56.4 Å². The van der Waals surface area contributed by atoms with Gasteiger partial charge in [0.1, 0.15) is 10.4 Å². The van der Waals surface area contributed by atoms with E-state index in [1.54, 1.807) is 44.3 Å². The molecule has 1 heterocycles. The average molecular weight is 393 g/mol. The van der Waals surface area contributed by atoms with E-state index < -0.39 is 17.9 Å². The number of nitrogens with one attached hydrogen (secondary N) is 1. The third-order valence-corrected chi connectivity index (χ3v) is 5.71. The maximum absolute atomic E-state index is 12.3. The normalized spacial score (nSPS) is 18.1. The number of carboxylic acid groups (broad SMARTS) is 1. The molecule has 1 aromatic rings. The first-order chi connectivity index (χ1) is 12.2. The molecule has 2 N–H and O–H groups in total. The Morgan fingerprint density at radius 3 is 2.42 bits per heavy atom. The predicted octanol–water partition coefficient (Wildman–Crippen LogP) is 2.75. The van der Waals surface area contributed by atoms with Crippen LogP contribution in [0.5, 0.6) is 0 Å². The lowest BCUT2D eigenvalue weighted by molar-refractivity contribution is -0.140. The molecule has 2 rings (SSSR count). The summed E-state index contributed by atoms with van der Waals surface area (Å²) >= 11 is 6.31. The van der Waals surface area contributed by atoms with E-state index in [-0.39, 0.29) is 11.8 Å². The van der Waals surface area contributed by atoms with Crippen LogP contribution in [0.25, 0.3) is 6.08 Å². The number of benzene rings is 1. The molecule has 8 heteroatoms. The van der Waals surface area contributed by atoms with Crippen molar-refractivity contribution in [1.82, 2.24) is 10.2 Å². The van der Waals surface area contributed by atoms with Crippen molar-refractivity contribution in [1.29, 1.82) is 0 Å². The summed E-state index contributed by atoms with van der Waals surface area (Å²) in [5, 5.41) is 11.8. The van der Waals surface area contributed by atoms with Gasteiger partial charge in [0.05, 0.1) is 4.91 Å². The van der Waals surface area contributed by atoms with Crippen molar-refractivity contribution in [3.8, 4) is 0 Å². The molecule has 138 valence electrons. The molecule has 0 aliphatic carbocycles. The summed E-state index contributed by atoms with van der Waals surface area (Å²) in [6.45, 7) is 3.66. The third kappa shape index (κ3) is 4.50. The zero-order valence-corrected chi connectivity index (χ0v) is 16.3. The van der Waals surface area contributed by atoms with E-state index in [2.05, 4.69) is 5.32 Å². The molecule has 1 aliphatic rings. The minimum atomic E-state index is -1.05. The lowest BCUT2D eigenvalue weighted by atomic mass is 9.99. The fourth-order valence-electron chi connectivity index (χ4n) is 2.34. The van der Waals surface area contributed by atoms with E-state index >= 15 is 0 Å². The molecule has 0 spiro atoms. The average Bonchev–Trinajstić information content (AvgIpc) is 2.86. The van der Waals surface area contributed by atoms with E-state index in [1.165, 1.54) is 16.7 Å². The van der Waals surface area contributed by atoms with E-state index in [1.807, 2.05) is 6.92 Å². The largest absolute Gasteiger partial charge is 0.480 e. The number of hydrogen-bond acceptors (Lipinski definition) is 5. The zero-order valence-electron chi connectivity index (χ0n) is 14.7. The Labute approximate surface area is 161 Å². The summed E-state index contributed by atoms with van der Waals surface area (Å²) in [5.74, 6) is -1.82. The van der Waals surface area contributed by atoms with E-state index in [4.69, 9.17) is 12.2 Å². The molecule has 1 aliphatic heterocycles. The van der Waals surface area contributed by atoms with Gasteiger partial charge in [-0.05, 0) is 29.7 Å². The van der Waals surface area contributed by atoms with E-state index in [9.17, 15) is 19.5 Å². The van der Waals surface area contributed by atoms with Crippen LogP contribution in [0, 0.1) is 5.92 Å². The Hall–Kier alpha value is -2.19. The number of carbonyl (C=O) groups excluding carboxylic acids is 2. The summed E-state index contributed by atoms with van der Waals surface area (Å²) in [4.78, 5) is 37.6. The van der Waals surface area contributed by atoms with Gasteiger partial charge in [-0.2, -0.15) is 0 Å². The van der Waals surface area contributed by atoms with Gasteiger partial charge in [0, 0.05) is 12.6 Å². The minimum Gasteiger partial charge on any atom is -0.480 e. The first-order valence-electron chi connectivity index (χ1n) is 8.09. The number of carboxylic acids is 1. The summed E-state index contributed by atoms with van der Waals surface area (Å²) in [6.07, 6.45) is 2.36. The number of carbonyl (C=O) groups is 3. The Morgan fingerprint density at radius 1 is 1.35 bits per heavy atom. The first kappa shape index (κ1) is 20.1. The monoisotopic (exact) mass is 392 g/mol. The number of aliphatic carboxylic acids is 1. The number of likely N-dealkylation sites (N-methyl/N-ethyl adjacent to an activating group) is 1. The van der Waals surface area contributed by atoms with Gasteiger partial charge in [0.2, 0.25) is 0 Å². The summed E-state index contributed by atoms with van der Waals surface area (Å²) in [7, 11) is 1.63. The van der Waals surface area contributed by atoms with Crippen LogP contribution >= 0.6 is 24.0 Å². The lowest BCUT2D eigenvalue weighted by Gasteiger charge is -2.20. The minimum absolute atomic E-state index is 0.153. The molecule has 0 bridgehead atoms. The smallest absolute Gasteiger partial charge is 0.326 e. The van der Waals surface area contributed by atoms with Gasteiger partial charge in [-0.25, -0.2) is 4.79 Å². The van der Waals surface area contributed by atoms with Crippen molar-refractivity contribution in [3.05, 3.63) is 40.3 Å². The highest BCUT2D eigenvalue weighted by Gasteiger charge is 2.29. The second-order valence-corrected chi connectivity index (χ2v) is 7.71. The standard InChI is InChI=1S/C18H20N2O4S2/c1-4-10(2)14(17(23)24)19-15(21)12-7-5-11(6-8-12)9-13-16(22)20(3)18(25)26-13/h5-10,14H,4H2,1-3H3,(H,19,21)(H,23,24)/b13-9+/t10-,14-/m1/s1. The molecule has 26 heavy (non-hydrogen) atoms.